The van der Waals surface area contributed by atoms with E-state index in [1.54, 1.807) is 6.20 Å². The molecule has 1 N–H and O–H groups in total. The highest BCUT2D eigenvalue weighted by molar-refractivity contribution is 5.90. The summed E-state index contributed by atoms with van der Waals surface area (Å²) >= 11 is 0. The quantitative estimate of drug-likeness (QED) is 0.586. The van der Waals surface area contributed by atoms with Gasteiger partial charge in [0.25, 0.3) is 0 Å². The first-order valence-electron chi connectivity index (χ1n) is 9.59. The van der Waals surface area contributed by atoms with Crippen molar-refractivity contribution in [3.8, 4) is 0 Å². The molecule has 0 saturated carbocycles. The van der Waals surface area contributed by atoms with Gasteiger partial charge in [-0.2, -0.15) is 4.98 Å². The molecular formula is C23H21N5. The maximum absolute atomic E-state index is 4.89. The number of benzene rings is 2. The predicted molar refractivity (Wildman–Crippen MR) is 112 cm³/mol. The van der Waals surface area contributed by atoms with E-state index >= 15 is 0 Å². The number of rotatable bonds is 4. The van der Waals surface area contributed by atoms with Crippen LogP contribution in [0.4, 0.5) is 11.8 Å². The summed E-state index contributed by atoms with van der Waals surface area (Å²) in [4.78, 5) is 16.3. The molecule has 0 aliphatic carbocycles. The molecule has 0 atom stereocenters. The third kappa shape index (κ3) is 3.27. The minimum Gasteiger partial charge on any atom is -0.351 e. The monoisotopic (exact) mass is 367 g/mol. The third-order valence-corrected chi connectivity index (χ3v) is 5.17. The smallest absolute Gasteiger partial charge is 0.225 e. The molecule has 0 spiro atoms. The summed E-state index contributed by atoms with van der Waals surface area (Å²) in [6.45, 7) is 2.43. The molecule has 4 aromatic rings. The second-order valence-corrected chi connectivity index (χ2v) is 7.00. The number of fused-ring (bicyclic) bond motifs is 2. The van der Waals surface area contributed by atoms with Crippen LogP contribution >= 0.6 is 0 Å². The Morgan fingerprint density at radius 2 is 1.68 bits per heavy atom. The van der Waals surface area contributed by atoms with Gasteiger partial charge in [-0.05, 0) is 41.8 Å². The van der Waals surface area contributed by atoms with Gasteiger partial charge in [-0.3, -0.25) is 4.98 Å². The van der Waals surface area contributed by atoms with Gasteiger partial charge < -0.3 is 10.2 Å². The average Bonchev–Trinajstić information content (AvgIpc) is 2.77. The maximum atomic E-state index is 4.89. The van der Waals surface area contributed by atoms with Crippen LogP contribution in [0, 0.1) is 0 Å². The average molecular weight is 367 g/mol. The summed E-state index contributed by atoms with van der Waals surface area (Å²) in [7, 11) is 0. The minimum absolute atomic E-state index is 0.599. The summed E-state index contributed by atoms with van der Waals surface area (Å²) in [5.41, 5.74) is 4.73. The molecule has 5 heteroatoms. The largest absolute Gasteiger partial charge is 0.351 e. The van der Waals surface area contributed by atoms with E-state index in [0.717, 1.165) is 41.9 Å². The second kappa shape index (κ2) is 7.27. The van der Waals surface area contributed by atoms with Crippen molar-refractivity contribution in [2.24, 2.45) is 0 Å². The van der Waals surface area contributed by atoms with Crippen molar-refractivity contribution in [3.05, 3.63) is 89.7 Å². The van der Waals surface area contributed by atoms with Gasteiger partial charge >= 0.3 is 0 Å². The van der Waals surface area contributed by atoms with E-state index in [1.807, 2.05) is 36.4 Å². The molecule has 0 radical (unpaired) electrons. The number of hydrogen-bond donors (Lipinski definition) is 1. The van der Waals surface area contributed by atoms with Crippen molar-refractivity contribution in [2.45, 2.75) is 19.5 Å². The predicted octanol–water partition coefficient (Wildman–Crippen LogP) is 4.20. The number of aromatic nitrogens is 3. The lowest BCUT2D eigenvalue weighted by Gasteiger charge is -2.30. The van der Waals surface area contributed by atoms with Crippen LogP contribution in [0.25, 0.3) is 10.9 Å². The highest BCUT2D eigenvalue weighted by Gasteiger charge is 2.20. The normalized spacial score (nSPS) is 13.4. The molecule has 0 saturated heterocycles. The van der Waals surface area contributed by atoms with Crippen molar-refractivity contribution >= 4 is 22.7 Å². The standard InChI is InChI=1S/C23H21N5/c1-2-8-18-16-28(14-12-17(18)7-1)22-20-10-3-4-11-21(20)26-23(27-22)25-15-19-9-5-6-13-24-19/h1-11,13H,12,14-16H2,(H,25,26,27). The first kappa shape index (κ1) is 16.7. The highest BCUT2D eigenvalue weighted by atomic mass is 15.2. The van der Waals surface area contributed by atoms with Gasteiger partial charge in [0.05, 0.1) is 17.8 Å². The zero-order chi connectivity index (χ0) is 18.8. The molecule has 28 heavy (non-hydrogen) atoms. The maximum Gasteiger partial charge on any atom is 0.225 e. The lowest BCUT2D eigenvalue weighted by molar-refractivity contribution is 0.723. The molecule has 5 rings (SSSR count). The van der Waals surface area contributed by atoms with Crippen LogP contribution in [-0.4, -0.2) is 21.5 Å². The Kier molecular flexibility index (Phi) is 4.33. The van der Waals surface area contributed by atoms with Gasteiger partial charge in [-0.1, -0.05) is 42.5 Å². The van der Waals surface area contributed by atoms with Gasteiger partial charge in [-0.25, -0.2) is 4.98 Å². The molecule has 0 fully saturated rings. The van der Waals surface area contributed by atoms with Crippen molar-refractivity contribution in [1.29, 1.82) is 0 Å². The van der Waals surface area contributed by atoms with Crippen LogP contribution in [-0.2, 0) is 19.5 Å². The third-order valence-electron chi connectivity index (χ3n) is 5.17. The van der Waals surface area contributed by atoms with Crippen LogP contribution in [0.2, 0.25) is 0 Å². The van der Waals surface area contributed by atoms with Crippen molar-refractivity contribution in [2.75, 3.05) is 16.8 Å². The molecule has 2 aromatic carbocycles. The minimum atomic E-state index is 0.599. The molecule has 1 aliphatic rings. The Balaban J connectivity index is 1.49. The van der Waals surface area contributed by atoms with Gasteiger partial charge in [0, 0.05) is 24.7 Å². The molecule has 2 aromatic heterocycles. The number of nitrogens with one attached hydrogen (secondary N) is 1. The molecule has 0 unspecified atom stereocenters. The zero-order valence-corrected chi connectivity index (χ0v) is 15.5. The fraction of sp³-hybridized carbons (Fsp3) is 0.174. The molecule has 138 valence electrons. The molecular weight excluding hydrogens is 346 g/mol. The van der Waals surface area contributed by atoms with Gasteiger partial charge in [-0.15, -0.1) is 0 Å². The molecule has 0 bridgehead atoms. The van der Waals surface area contributed by atoms with Crippen LogP contribution in [0.15, 0.2) is 72.9 Å². The van der Waals surface area contributed by atoms with Gasteiger partial charge in [0.2, 0.25) is 5.95 Å². The van der Waals surface area contributed by atoms with Gasteiger partial charge in [0.15, 0.2) is 0 Å². The first-order chi connectivity index (χ1) is 13.9. The van der Waals surface area contributed by atoms with E-state index in [9.17, 15) is 0 Å². The Labute approximate surface area is 164 Å². The molecule has 5 nitrogen and oxygen atoms in total. The zero-order valence-electron chi connectivity index (χ0n) is 15.5. The number of nitrogens with zero attached hydrogens (tertiary/aromatic N) is 4. The van der Waals surface area contributed by atoms with E-state index in [-0.39, 0.29) is 0 Å². The summed E-state index contributed by atoms with van der Waals surface area (Å²) in [5, 5.41) is 4.43. The van der Waals surface area contributed by atoms with Crippen molar-refractivity contribution in [3.63, 3.8) is 0 Å². The highest BCUT2D eigenvalue weighted by Crippen LogP contribution is 2.29. The summed E-state index contributed by atoms with van der Waals surface area (Å²) in [5.74, 6) is 1.63. The van der Waals surface area contributed by atoms with Crippen LogP contribution < -0.4 is 10.2 Å². The Hall–Kier alpha value is -3.47. The number of pyridine rings is 1. The first-order valence-corrected chi connectivity index (χ1v) is 9.59. The Morgan fingerprint density at radius 1 is 0.857 bits per heavy atom. The summed E-state index contributed by atoms with van der Waals surface area (Å²) in [6.07, 6.45) is 2.83. The van der Waals surface area contributed by atoms with E-state index in [0.29, 0.717) is 12.5 Å². The fourth-order valence-corrected chi connectivity index (χ4v) is 3.73. The van der Waals surface area contributed by atoms with E-state index in [1.165, 1.54) is 11.1 Å². The van der Waals surface area contributed by atoms with E-state index < -0.39 is 0 Å². The summed E-state index contributed by atoms with van der Waals surface area (Å²) < 4.78 is 0. The van der Waals surface area contributed by atoms with E-state index in [2.05, 4.69) is 45.5 Å². The van der Waals surface area contributed by atoms with Crippen molar-refractivity contribution in [1.82, 2.24) is 15.0 Å². The van der Waals surface area contributed by atoms with Crippen LogP contribution in [0.1, 0.15) is 16.8 Å². The topological polar surface area (TPSA) is 53.9 Å². The Bertz CT molecular complexity index is 1110. The second-order valence-electron chi connectivity index (χ2n) is 7.00. The van der Waals surface area contributed by atoms with Crippen LogP contribution in [0.5, 0.6) is 0 Å². The molecule has 0 amide bonds. The summed E-state index contributed by atoms with van der Waals surface area (Å²) in [6, 6.07) is 22.8. The van der Waals surface area contributed by atoms with Gasteiger partial charge in [0.1, 0.15) is 5.82 Å². The lowest BCUT2D eigenvalue weighted by atomic mass is 10.00. The number of para-hydroxylation sites is 1. The van der Waals surface area contributed by atoms with Crippen molar-refractivity contribution < 1.29 is 0 Å². The number of anilines is 2. The molecule has 1 aliphatic heterocycles. The van der Waals surface area contributed by atoms with Crippen LogP contribution in [0.3, 0.4) is 0 Å². The number of hydrogen-bond acceptors (Lipinski definition) is 5. The SMILES string of the molecule is c1ccc(CNc2nc(N3CCc4ccccc4C3)c3ccccc3n2)nc1. The fourth-order valence-electron chi connectivity index (χ4n) is 3.73. The lowest BCUT2D eigenvalue weighted by Crippen LogP contribution is -2.31. The van der Waals surface area contributed by atoms with E-state index in [4.69, 9.17) is 9.97 Å². The molecule has 3 heterocycles. The Morgan fingerprint density at radius 3 is 2.57 bits per heavy atom.